The van der Waals surface area contributed by atoms with Crippen LogP contribution >= 0.6 is 23.2 Å². The van der Waals surface area contributed by atoms with E-state index in [0.717, 1.165) is 12.8 Å². The maximum Gasteiger partial charge on any atom is 0.131 e. The molecule has 1 N–H and O–H groups in total. The highest BCUT2D eigenvalue weighted by Gasteiger charge is 1.96. The Balaban J connectivity index is 2.77. The van der Waals surface area contributed by atoms with Crippen molar-refractivity contribution in [1.29, 1.82) is 0 Å². The van der Waals surface area contributed by atoms with Gasteiger partial charge in [0.15, 0.2) is 0 Å². The molecule has 0 amide bonds. The second-order valence-corrected chi connectivity index (χ2v) is 3.17. The number of alkyl halides is 2. The first-order chi connectivity index (χ1) is 4.77. The van der Waals surface area contributed by atoms with E-state index in [1.165, 1.54) is 0 Å². The first-order valence-corrected chi connectivity index (χ1v) is 4.11. The predicted molar refractivity (Wildman–Crippen MR) is 42.6 cm³/mol. The lowest BCUT2D eigenvalue weighted by Gasteiger charge is -2.02. The number of hydrogen-bond donors (Lipinski definition) is 1. The molecule has 0 aliphatic heterocycles. The lowest BCUT2D eigenvalue weighted by Crippen LogP contribution is -2.03. The number of aliphatic hydroxyl groups is 1. The minimum absolute atomic E-state index is 0.217. The molecule has 0 spiro atoms. The number of halogens is 2. The van der Waals surface area contributed by atoms with Crippen LogP contribution in [-0.4, -0.2) is 29.8 Å². The predicted octanol–water partition coefficient (Wildman–Crippen LogP) is 1.58. The van der Waals surface area contributed by atoms with Gasteiger partial charge in [-0.2, -0.15) is 0 Å². The van der Waals surface area contributed by atoms with Gasteiger partial charge in [-0.25, -0.2) is 0 Å². The Morgan fingerprint density at radius 2 is 2.00 bits per heavy atom. The van der Waals surface area contributed by atoms with Gasteiger partial charge in [0.2, 0.25) is 0 Å². The van der Waals surface area contributed by atoms with Crippen LogP contribution in [-0.2, 0) is 4.74 Å². The van der Waals surface area contributed by atoms with Crippen LogP contribution in [0.5, 0.6) is 0 Å². The number of hydrogen-bond acceptors (Lipinski definition) is 2. The number of ether oxygens (including phenoxy) is 1. The fraction of sp³-hybridized carbons (Fsp3) is 1.00. The molecular weight excluding hydrogens is 175 g/mol. The van der Waals surface area contributed by atoms with Crippen LogP contribution in [0.1, 0.15) is 12.8 Å². The zero-order chi connectivity index (χ0) is 7.82. The van der Waals surface area contributed by atoms with Gasteiger partial charge < -0.3 is 9.84 Å². The zero-order valence-corrected chi connectivity index (χ0v) is 7.24. The monoisotopic (exact) mass is 186 g/mol. The summed E-state index contributed by atoms with van der Waals surface area (Å²) in [5.41, 5.74) is 0. The highest BCUT2D eigenvalue weighted by atomic mass is 35.5. The average Bonchev–Trinajstić information content (AvgIpc) is 1.87. The van der Waals surface area contributed by atoms with Gasteiger partial charge in [0, 0.05) is 13.2 Å². The summed E-state index contributed by atoms with van der Waals surface area (Å²) in [6.45, 7) is 1.21. The zero-order valence-electron chi connectivity index (χ0n) is 5.72. The molecule has 0 saturated heterocycles. The quantitative estimate of drug-likeness (QED) is 0.505. The molecule has 0 unspecified atom stereocenters. The van der Waals surface area contributed by atoms with Gasteiger partial charge in [-0.1, -0.05) is 0 Å². The lowest BCUT2D eigenvalue weighted by atomic mass is 10.3. The van der Waals surface area contributed by atoms with E-state index in [1.54, 1.807) is 0 Å². The third kappa shape index (κ3) is 8.50. The summed E-state index contributed by atoms with van der Waals surface area (Å²) in [7, 11) is 0. The lowest BCUT2D eigenvalue weighted by molar-refractivity contribution is 0.134. The molecule has 0 aromatic heterocycles. The minimum Gasteiger partial charge on any atom is -0.396 e. The van der Waals surface area contributed by atoms with Crippen molar-refractivity contribution in [3.05, 3.63) is 0 Å². The molecule has 0 rings (SSSR count). The molecule has 0 aliphatic rings. The second kappa shape index (κ2) is 7.61. The van der Waals surface area contributed by atoms with Crippen molar-refractivity contribution >= 4 is 23.2 Å². The first kappa shape index (κ1) is 10.5. The first-order valence-electron chi connectivity index (χ1n) is 3.24. The van der Waals surface area contributed by atoms with E-state index < -0.39 is 4.84 Å². The Bertz CT molecular complexity index is 68.8. The maximum absolute atomic E-state index is 8.37. The van der Waals surface area contributed by atoms with E-state index in [-0.39, 0.29) is 6.61 Å². The van der Waals surface area contributed by atoms with E-state index >= 15 is 0 Å². The SMILES string of the molecule is OCCCCOCC(Cl)Cl. The summed E-state index contributed by atoms with van der Waals surface area (Å²) in [5.74, 6) is 0. The molecule has 0 bridgehead atoms. The van der Waals surface area contributed by atoms with Gasteiger partial charge in [0.25, 0.3) is 0 Å². The van der Waals surface area contributed by atoms with Crippen LogP contribution < -0.4 is 0 Å². The second-order valence-electron chi connectivity index (χ2n) is 1.90. The molecule has 0 aliphatic carbocycles. The summed E-state index contributed by atoms with van der Waals surface area (Å²) in [6, 6.07) is 0. The Labute approximate surface area is 71.1 Å². The summed E-state index contributed by atoms with van der Waals surface area (Å²) in [5, 5.41) is 8.37. The number of unbranched alkanes of at least 4 members (excludes halogenated alkanes) is 1. The van der Waals surface area contributed by atoms with Gasteiger partial charge in [-0.15, -0.1) is 23.2 Å². The molecule has 62 valence electrons. The van der Waals surface area contributed by atoms with Crippen molar-refractivity contribution in [3.8, 4) is 0 Å². The molecule has 0 aromatic rings. The van der Waals surface area contributed by atoms with Crippen LogP contribution in [0.3, 0.4) is 0 Å². The average molecular weight is 187 g/mol. The van der Waals surface area contributed by atoms with Crippen molar-refractivity contribution in [1.82, 2.24) is 0 Å². The highest BCUT2D eigenvalue weighted by Crippen LogP contribution is 2.01. The van der Waals surface area contributed by atoms with Gasteiger partial charge in [0.1, 0.15) is 4.84 Å². The molecule has 4 heteroatoms. The smallest absolute Gasteiger partial charge is 0.131 e. The molecule has 0 atom stereocenters. The van der Waals surface area contributed by atoms with E-state index in [0.29, 0.717) is 13.2 Å². The van der Waals surface area contributed by atoms with Crippen molar-refractivity contribution in [3.63, 3.8) is 0 Å². The summed E-state index contributed by atoms with van der Waals surface area (Å²) in [6.07, 6.45) is 1.63. The van der Waals surface area contributed by atoms with Gasteiger partial charge in [0.05, 0.1) is 6.61 Å². The Morgan fingerprint density at radius 1 is 1.30 bits per heavy atom. The van der Waals surface area contributed by atoms with Crippen LogP contribution in [0.2, 0.25) is 0 Å². The van der Waals surface area contributed by atoms with Gasteiger partial charge in [-0.05, 0) is 12.8 Å². The standard InChI is InChI=1S/C6H12Cl2O2/c7-6(8)5-10-4-2-1-3-9/h6,9H,1-5H2. The van der Waals surface area contributed by atoms with Gasteiger partial charge >= 0.3 is 0 Å². The van der Waals surface area contributed by atoms with Gasteiger partial charge in [-0.3, -0.25) is 0 Å². The number of rotatable bonds is 6. The third-order valence-corrected chi connectivity index (χ3v) is 1.19. The fourth-order valence-electron chi connectivity index (χ4n) is 0.488. The highest BCUT2D eigenvalue weighted by molar-refractivity contribution is 6.44. The Kier molecular flexibility index (Phi) is 7.99. The molecule has 0 aromatic carbocycles. The third-order valence-electron chi connectivity index (χ3n) is 0.941. The van der Waals surface area contributed by atoms with Crippen LogP contribution in [0.25, 0.3) is 0 Å². The van der Waals surface area contributed by atoms with E-state index in [9.17, 15) is 0 Å². The van der Waals surface area contributed by atoms with E-state index in [2.05, 4.69) is 0 Å². The summed E-state index contributed by atoms with van der Waals surface area (Å²) in [4.78, 5) is -0.436. The normalized spacial score (nSPS) is 10.8. The molecule has 0 saturated carbocycles. The van der Waals surface area contributed by atoms with Crippen molar-refractivity contribution in [2.45, 2.75) is 17.7 Å². The van der Waals surface area contributed by atoms with Crippen molar-refractivity contribution in [2.75, 3.05) is 19.8 Å². The van der Waals surface area contributed by atoms with Crippen molar-refractivity contribution in [2.24, 2.45) is 0 Å². The number of aliphatic hydroxyl groups excluding tert-OH is 1. The Hall–Kier alpha value is 0.500. The van der Waals surface area contributed by atoms with Crippen LogP contribution in [0.15, 0.2) is 0 Å². The van der Waals surface area contributed by atoms with Crippen LogP contribution in [0, 0.1) is 0 Å². The molecule has 0 radical (unpaired) electrons. The maximum atomic E-state index is 8.37. The summed E-state index contributed by atoms with van der Waals surface area (Å²) >= 11 is 10.8. The molecule has 0 heterocycles. The fourth-order valence-corrected chi connectivity index (χ4v) is 0.667. The molecule has 0 fully saturated rings. The summed E-state index contributed by atoms with van der Waals surface area (Å²) < 4.78 is 5.02. The van der Waals surface area contributed by atoms with Crippen molar-refractivity contribution < 1.29 is 9.84 Å². The van der Waals surface area contributed by atoms with E-state index in [1.807, 2.05) is 0 Å². The molecule has 2 nitrogen and oxygen atoms in total. The minimum atomic E-state index is -0.436. The topological polar surface area (TPSA) is 29.5 Å². The van der Waals surface area contributed by atoms with Crippen LogP contribution in [0.4, 0.5) is 0 Å². The largest absolute Gasteiger partial charge is 0.396 e. The van der Waals surface area contributed by atoms with E-state index in [4.69, 9.17) is 33.0 Å². The Morgan fingerprint density at radius 3 is 2.50 bits per heavy atom. The molecular formula is C6H12Cl2O2. The molecule has 10 heavy (non-hydrogen) atoms.